The fourth-order valence-corrected chi connectivity index (χ4v) is 3.93. The molecule has 1 aromatic rings. The summed E-state index contributed by atoms with van der Waals surface area (Å²) in [5, 5.41) is 17.0. The molecule has 0 fully saturated rings. The van der Waals surface area contributed by atoms with E-state index in [0.717, 1.165) is 25.7 Å². The van der Waals surface area contributed by atoms with Crippen LogP contribution in [0.5, 0.6) is 0 Å². The second-order valence-corrected chi connectivity index (χ2v) is 8.93. The van der Waals surface area contributed by atoms with Crippen LogP contribution in [0.2, 0.25) is 0 Å². The standard InChI is InChI=1S/C25H36O4.C4H6O2/c1-4-5-6-7-20-8-10-21(11-9-20)22-12-14-23(15-13-22)24(17-28-3)18-29-25(27)19(2)16-26;1-4(2-5)3-6/h8-12,23-24,26H,2,4-7,13-18H2,1,3H3;2,6H,1,3H2. The number of unbranched alkanes of at least 4 members (excludes halogenated alkanes) is 2. The van der Waals surface area contributed by atoms with Gasteiger partial charge < -0.3 is 19.7 Å². The molecular weight excluding hydrogens is 444 g/mol. The Labute approximate surface area is 210 Å². The Morgan fingerprint density at radius 2 is 1.86 bits per heavy atom. The summed E-state index contributed by atoms with van der Waals surface area (Å²) in [6.45, 7) is 9.17. The number of hydrogen-bond acceptors (Lipinski definition) is 6. The van der Waals surface area contributed by atoms with Gasteiger partial charge in [0, 0.05) is 18.6 Å². The third-order valence-electron chi connectivity index (χ3n) is 6.17. The lowest BCUT2D eigenvalue weighted by Crippen LogP contribution is -2.27. The summed E-state index contributed by atoms with van der Waals surface area (Å²) < 4.78 is 10.7. The molecule has 2 unspecified atom stereocenters. The van der Waals surface area contributed by atoms with E-state index in [9.17, 15) is 9.59 Å². The molecule has 0 saturated heterocycles. The van der Waals surface area contributed by atoms with E-state index in [2.05, 4.69) is 50.4 Å². The van der Waals surface area contributed by atoms with Crippen molar-refractivity contribution in [1.82, 2.24) is 0 Å². The highest BCUT2D eigenvalue weighted by atomic mass is 16.5. The SMILES string of the molecule is C=C(C=O)CO.C=C(CO)C(=O)OCC(COC)C1CC=C(c2ccc(CCCCC)cc2)CC1. The zero-order chi connectivity index (χ0) is 26.1. The van der Waals surface area contributed by atoms with Gasteiger partial charge in [0.2, 0.25) is 0 Å². The Hall–Kier alpha value is -2.54. The van der Waals surface area contributed by atoms with Crippen LogP contribution in [0.15, 0.2) is 54.6 Å². The van der Waals surface area contributed by atoms with Crippen LogP contribution in [-0.2, 0) is 25.5 Å². The predicted molar refractivity (Wildman–Crippen MR) is 140 cm³/mol. The molecule has 0 heterocycles. The molecule has 0 saturated carbocycles. The number of methoxy groups -OCH3 is 1. The van der Waals surface area contributed by atoms with Crippen molar-refractivity contribution in [3.8, 4) is 0 Å². The number of rotatable bonds is 14. The fraction of sp³-hybridized carbons (Fsp3) is 0.517. The number of aliphatic hydroxyl groups excluding tert-OH is 2. The fourth-order valence-electron chi connectivity index (χ4n) is 3.93. The number of ether oxygens (including phenoxy) is 2. The number of aldehydes is 1. The van der Waals surface area contributed by atoms with Crippen LogP contribution < -0.4 is 0 Å². The molecule has 0 amide bonds. The lowest BCUT2D eigenvalue weighted by atomic mass is 9.79. The van der Waals surface area contributed by atoms with Crippen molar-refractivity contribution in [2.75, 3.05) is 33.5 Å². The molecular formula is C29H42O6. The molecule has 0 spiro atoms. The average Bonchev–Trinajstić information content (AvgIpc) is 2.91. The number of carbonyl (C=O) groups excluding carboxylic acids is 2. The van der Waals surface area contributed by atoms with Gasteiger partial charge in [0.05, 0.1) is 32.0 Å². The maximum absolute atomic E-state index is 11.8. The summed E-state index contributed by atoms with van der Waals surface area (Å²) in [5.74, 6) is 0.0380. The monoisotopic (exact) mass is 486 g/mol. The minimum absolute atomic E-state index is 0.0881. The summed E-state index contributed by atoms with van der Waals surface area (Å²) in [5.41, 5.74) is 4.45. The highest BCUT2D eigenvalue weighted by Crippen LogP contribution is 2.34. The van der Waals surface area contributed by atoms with Gasteiger partial charge in [-0.05, 0) is 54.7 Å². The zero-order valence-electron chi connectivity index (χ0n) is 21.3. The van der Waals surface area contributed by atoms with E-state index in [0.29, 0.717) is 25.4 Å². The van der Waals surface area contributed by atoms with Crippen LogP contribution >= 0.6 is 0 Å². The number of aliphatic hydroxyl groups is 2. The highest BCUT2D eigenvalue weighted by Gasteiger charge is 2.26. The van der Waals surface area contributed by atoms with Gasteiger partial charge in [-0.3, -0.25) is 4.79 Å². The van der Waals surface area contributed by atoms with E-state index in [1.165, 1.54) is 36.0 Å². The molecule has 2 atom stereocenters. The van der Waals surface area contributed by atoms with Gasteiger partial charge in [0.1, 0.15) is 6.29 Å². The topological polar surface area (TPSA) is 93.1 Å². The first-order valence-corrected chi connectivity index (χ1v) is 12.4. The van der Waals surface area contributed by atoms with E-state index < -0.39 is 5.97 Å². The van der Waals surface area contributed by atoms with Gasteiger partial charge >= 0.3 is 5.97 Å². The first kappa shape index (κ1) is 30.5. The van der Waals surface area contributed by atoms with Crippen LogP contribution in [-0.4, -0.2) is 56.0 Å². The van der Waals surface area contributed by atoms with Crippen molar-refractivity contribution >= 4 is 17.8 Å². The average molecular weight is 487 g/mol. The summed E-state index contributed by atoms with van der Waals surface area (Å²) in [4.78, 5) is 21.3. The van der Waals surface area contributed by atoms with Crippen LogP contribution in [0, 0.1) is 11.8 Å². The highest BCUT2D eigenvalue weighted by molar-refractivity contribution is 5.87. The van der Waals surface area contributed by atoms with E-state index in [1.807, 2.05) is 0 Å². The first-order valence-electron chi connectivity index (χ1n) is 12.4. The van der Waals surface area contributed by atoms with E-state index in [1.54, 1.807) is 7.11 Å². The van der Waals surface area contributed by atoms with Crippen molar-refractivity contribution in [2.24, 2.45) is 11.8 Å². The number of carbonyl (C=O) groups is 2. The van der Waals surface area contributed by atoms with Gasteiger partial charge in [0.25, 0.3) is 0 Å². The minimum Gasteiger partial charge on any atom is -0.462 e. The second-order valence-electron chi connectivity index (χ2n) is 8.93. The molecule has 0 aromatic heterocycles. The molecule has 194 valence electrons. The molecule has 6 heteroatoms. The zero-order valence-corrected chi connectivity index (χ0v) is 21.3. The summed E-state index contributed by atoms with van der Waals surface area (Å²) >= 11 is 0. The van der Waals surface area contributed by atoms with Gasteiger partial charge in [-0.15, -0.1) is 0 Å². The summed E-state index contributed by atoms with van der Waals surface area (Å²) in [6.07, 6.45) is 10.9. The van der Waals surface area contributed by atoms with E-state index >= 15 is 0 Å². The third kappa shape index (κ3) is 11.6. The quantitative estimate of drug-likeness (QED) is 0.172. The van der Waals surface area contributed by atoms with Crippen LogP contribution in [0.3, 0.4) is 0 Å². The molecule has 1 aliphatic rings. The Morgan fingerprint density at radius 1 is 1.14 bits per heavy atom. The van der Waals surface area contributed by atoms with Crippen LogP contribution in [0.4, 0.5) is 0 Å². The van der Waals surface area contributed by atoms with Gasteiger partial charge in [-0.25, -0.2) is 4.79 Å². The molecule has 0 radical (unpaired) electrons. The van der Waals surface area contributed by atoms with Crippen LogP contribution in [0.1, 0.15) is 56.6 Å². The molecule has 1 aliphatic carbocycles. The van der Waals surface area contributed by atoms with Gasteiger partial charge in [-0.2, -0.15) is 0 Å². The number of esters is 1. The molecule has 2 N–H and O–H groups in total. The second kappa shape index (κ2) is 17.8. The molecule has 6 nitrogen and oxygen atoms in total. The summed E-state index contributed by atoms with van der Waals surface area (Å²) in [6, 6.07) is 9.03. The lowest BCUT2D eigenvalue weighted by Gasteiger charge is -2.29. The lowest BCUT2D eigenvalue weighted by molar-refractivity contribution is -0.142. The molecule has 35 heavy (non-hydrogen) atoms. The van der Waals surface area contributed by atoms with Crippen molar-refractivity contribution in [3.05, 3.63) is 65.8 Å². The Bertz CT molecular complexity index is 824. The smallest absolute Gasteiger partial charge is 0.335 e. The molecule has 1 aromatic carbocycles. The Kier molecular flexibility index (Phi) is 15.5. The maximum Gasteiger partial charge on any atom is 0.335 e. The van der Waals surface area contributed by atoms with E-state index in [-0.39, 0.29) is 30.3 Å². The minimum atomic E-state index is -0.528. The summed E-state index contributed by atoms with van der Waals surface area (Å²) in [7, 11) is 1.67. The normalized spacial score (nSPS) is 15.8. The number of aryl methyl sites for hydroxylation is 1. The van der Waals surface area contributed by atoms with Gasteiger partial charge in [0.15, 0.2) is 0 Å². The predicted octanol–water partition coefficient (Wildman–Crippen LogP) is 4.69. The third-order valence-corrected chi connectivity index (χ3v) is 6.17. The van der Waals surface area contributed by atoms with Crippen molar-refractivity contribution in [3.63, 3.8) is 0 Å². The van der Waals surface area contributed by atoms with E-state index in [4.69, 9.17) is 19.7 Å². The Balaban J connectivity index is 0.000000905. The largest absolute Gasteiger partial charge is 0.462 e. The molecule has 0 bridgehead atoms. The van der Waals surface area contributed by atoms with Gasteiger partial charge in [-0.1, -0.05) is 63.3 Å². The van der Waals surface area contributed by atoms with Crippen molar-refractivity contribution in [2.45, 2.75) is 51.9 Å². The van der Waals surface area contributed by atoms with Crippen LogP contribution in [0.25, 0.3) is 5.57 Å². The Morgan fingerprint density at radius 3 is 2.34 bits per heavy atom. The molecule has 2 rings (SSSR count). The number of allylic oxidation sites excluding steroid dienone is 2. The molecule has 0 aliphatic heterocycles. The van der Waals surface area contributed by atoms with Crippen molar-refractivity contribution in [1.29, 1.82) is 0 Å². The number of hydrogen-bond donors (Lipinski definition) is 2. The first-order chi connectivity index (χ1) is 16.9. The number of benzene rings is 1. The van der Waals surface area contributed by atoms with Crippen molar-refractivity contribution < 1.29 is 29.3 Å². The maximum atomic E-state index is 11.8.